The van der Waals surface area contributed by atoms with Gasteiger partial charge in [-0.05, 0) is 75.4 Å². The topological polar surface area (TPSA) is 88.9 Å². The zero-order chi connectivity index (χ0) is 22.1. The van der Waals surface area contributed by atoms with Crippen LogP contribution in [0.4, 0.5) is 0 Å². The molecule has 1 amide bonds. The fourth-order valence-electron chi connectivity index (χ4n) is 3.54. The number of nitrogens with one attached hydrogen (secondary N) is 1. The molecule has 0 saturated heterocycles. The van der Waals surface area contributed by atoms with Gasteiger partial charge in [0.2, 0.25) is 15.9 Å². The monoisotopic (exact) mass is 446 g/mol. The van der Waals surface area contributed by atoms with E-state index in [0.29, 0.717) is 24.7 Å². The number of nitrogens with zero attached hydrogens (tertiary/aromatic N) is 1. The minimum atomic E-state index is -3.90. The third-order valence-electron chi connectivity index (χ3n) is 5.16. The van der Waals surface area contributed by atoms with Gasteiger partial charge in [0.05, 0.1) is 30.9 Å². The lowest BCUT2D eigenvalue weighted by atomic mass is 9.97. The molecule has 0 fully saturated rings. The molecule has 8 heteroatoms. The van der Waals surface area contributed by atoms with Gasteiger partial charge in [-0.3, -0.25) is 4.79 Å². The molecule has 1 aliphatic carbocycles. The Balaban J connectivity index is 1.67. The Morgan fingerprint density at radius 2 is 2.00 bits per heavy atom. The molecule has 168 valence electrons. The third kappa shape index (κ3) is 6.70. The van der Waals surface area contributed by atoms with E-state index >= 15 is 0 Å². The fourth-order valence-corrected chi connectivity index (χ4v) is 4.90. The van der Waals surface area contributed by atoms with E-state index in [4.69, 9.17) is 9.15 Å². The van der Waals surface area contributed by atoms with Gasteiger partial charge < -0.3 is 14.5 Å². The molecule has 1 aliphatic rings. The minimum Gasteiger partial charge on any atom is -0.494 e. The van der Waals surface area contributed by atoms with Gasteiger partial charge in [0, 0.05) is 6.54 Å². The largest absolute Gasteiger partial charge is 0.494 e. The summed E-state index contributed by atoms with van der Waals surface area (Å²) in [6.07, 6.45) is 9.12. The molecular weight excluding hydrogens is 416 g/mol. The van der Waals surface area contributed by atoms with Crippen LogP contribution in [0.5, 0.6) is 5.75 Å². The Hall–Kier alpha value is -2.58. The highest BCUT2D eigenvalue weighted by molar-refractivity contribution is 7.89. The minimum absolute atomic E-state index is 0.0267. The van der Waals surface area contributed by atoms with Gasteiger partial charge in [0.1, 0.15) is 11.5 Å². The molecule has 2 aromatic rings. The molecular formula is C23H30N2O5S. The standard InChI is InChI=1S/C23H30N2O5S/c1-2-29-20-10-12-22(13-11-20)31(27,28)25(17-21-9-6-16-30-21)18-23(26)24-15-14-19-7-4-3-5-8-19/h6-7,9-13,16H,2-5,8,14-15,17-18H2,1H3,(H,24,26). The van der Waals surface area contributed by atoms with E-state index in [-0.39, 0.29) is 23.9 Å². The van der Waals surface area contributed by atoms with E-state index in [1.165, 1.54) is 36.8 Å². The summed E-state index contributed by atoms with van der Waals surface area (Å²) in [6.45, 7) is 2.55. The van der Waals surface area contributed by atoms with Gasteiger partial charge in [0.25, 0.3) is 0 Å². The summed E-state index contributed by atoms with van der Waals surface area (Å²) in [7, 11) is -3.90. The molecule has 31 heavy (non-hydrogen) atoms. The number of ether oxygens (including phenoxy) is 1. The van der Waals surface area contributed by atoms with Crippen LogP contribution in [-0.2, 0) is 21.4 Å². The molecule has 0 saturated carbocycles. The lowest BCUT2D eigenvalue weighted by Crippen LogP contribution is -2.40. The molecule has 0 atom stereocenters. The van der Waals surface area contributed by atoms with Crippen molar-refractivity contribution in [1.82, 2.24) is 9.62 Å². The molecule has 0 spiro atoms. The Bertz CT molecular complexity index is 966. The van der Waals surface area contributed by atoms with Gasteiger partial charge in [-0.15, -0.1) is 0 Å². The maximum Gasteiger partial charge on any atom is 0.243 e. The lowest BCUT2D eigenvalue weighted by molar-refractivity contribution is -0.121. The molecule has 0 unspecified atom stereocenters. The summed E-state index contributed by atoms with van der Waals surface area (Å²) in [5, 5.41) is 2.85. The molecule has 1 aromatic carbocycles. The average molecular weight is 447 g/mol. The highest BCUT2D eigenvalue weighted by Gasteiger charge is 2.27. The van der Waals surface area contributed by atoms with E-state index in [1.54, 1.807) is 24.3 Å². The van der Waals surface area contributed by atoms with Gasteiger partial charge in [-0.1, -0.05) is 11.6 Å². The predicted molar refractivity (Wildman–Crippen MR) is 118 cm³/mol. The zero-order valence-electron chi connectivity index (χ0n) is 17.9. The Morgan fingerprint density at radius 3 is 2.65 bits per heavy atom. The first-order chi connectivity index (χ1) is 15.0. The maximum absolute atomic E-state index is 13.2. The molecule has 1 aromatic heterocycles. The van der Waals surface area contributed by atoms with Crippen molar-refractivity contribution in [2.45, 2.75) is 50.5 Å². The van der Waals surface area contributed by atoms with Crippen molar-refractivity contribution in [3.05, 3.63) is 60.1 Å². The van der Waals surface area contributed by atoms with Crippen LogP contribution in [0, 0.1) is 0 Å². The summed E-state index contributed by atoms with van der Waals surface area (Å²) in [5.41, 5.74) is 1.36. The SMILES string of the molecule is CCOc1ccc(S(=O)(=O)N(CC(=O)NCCC2=CCCCC2)Cc2ccco2)cc1. The Labute approximate surface area is 184 Å². The first kappa shape index (κ1) is 23.1. The fraction of sp³-hybridized carbons (Fsp3) is 0.435. The molecule has 0 radical (unpaired) electrons. The molecule has 1 N–H and O–H groups in total. The predicted octanol–water partition coefficient (Wildman–Crippen LogP) is 3.88. The van der Waals surface area contributed by atoms with Crippen LogP contribution in [0.25, 0.3) is 0 Å². The number of sulfonamides is 1. The summed E-state index contributed by atoms with van der Waals surface area (Å²) in [5.74, 6) is 0.723. The highest BCUT2D eigenvalue weighted by Crippen LogP contribution is 2.22. The first-order valence-corrected chi connectivity index (χ1v) is 12.1. The second kappa shape index (κ2) is 11.2. The van der Waals surface area contributed by atoms with Crippen molar-refractivity contribution in [3.8, 4) is 5.75 Å². The number of furan rings is 1. The van der Waals surface area contributed by atoms with Crippen LogP contribution in [0.15, 0.2) is 63.6 Å². The summed E-state index contributed by atoms with van der Waals surface area (Å²) in [6, 6.07) is 9.58. The van der Waals surface area contributed by atoms with E-state index < -0.39 is 10.0 Å². The molecule has 0 bridgehead atoms. The second-order valence-electron chi connectivity index (χ2n) is 7.46. The molecule has 0 aliphatic heterocycles. The number of hydrogen-bond donors (Lipinski definition) is 1. The normalized spacial score (nSPS) is 14.3. The van der Waals surface area contributed by atoms with Gasteiger partial charge in [0.15, 0.2) is 0 Å². The van der Waals surface area contributed by atoms with E-state index in [1.807, 2.05) is 6.92 Å². The van der Waals surface area contributed by atoms with Crippen molar-refractivity contribution >= 4 is 15.9 Å². The molecule has 7 nitrogen and oxygen atoms in total. The van der Waals surface area contributed by atoms with Crippen molar-refractivity contribution in [2.75, 3.05) is 19.7 Å². The summed E-state index contributed by atoms with van der Waals surface area (Å²) < 4.78 is 38.3. The average Bonchev–Trinajstić information content (AvgIpc) is 3.28. The first-order valence-electron chi connectivity index (χ1n) is 10.7. The van der Waals surface area contributed by atoms with Gasteiger partial charge in [-0.2, -0.15) is 4.31 Å². The number of carbonyl (C=O) groups excluding carboxylic acids is 1. The van der Waals surface area contributed by atoms with Crippen molar-refractivity contribution in [2.24, 2.45) is 0 Å². The lowest BCUT2D eigenvalue weighted by Gasteiger charge is -2.21. The van der Waals surface area contributed by atoms with E-state index in [9.17, 15) is 13.2 Å². The molecule has 1 heterocycles. The second-order valence-corrected chi connectivity index (χ2v) is 9.40. The van der Waals surface area contributed by atoms with Crippen molar-refractivity contribution < 1.29 is 22.4 Å². The van der Waals surface area contributed by atoms with Crippen LogP contribution in [0.1, 0.15) is 44.8 Å². The third-order valence-corrected chi connectivity index (χ3v) is 6.96. The van der Waals surface area contributed by atoms with Crippen LogP contribution in [-0.4, -0.2) is 38.3 Å². The Morgan fingerprint density at radius 1 is 1.19 bits per heavy atom. The van der Waals surface area contributed by atoms with Crippen molar-refractivity contribution in [1.29, 1.82) is 0 Å². The smallest absolute Gasteiger partial charge is 0.243 e. The van der Waals surface area contributed by atoms with Crippen LogP contribution in [0.3, 0.4) is 0 Å². The summed E-state index contributed by atoms with van der Waals surface area (Å²) in [4.78, 5) is 12.7. The number of allylic oxidation sites excluding steroid dienone is 1. The van der Waals surface area contributed by atoms with Gasteiger partial charge in [-0.25, -0.2) is 8.42 Å². The van der Waals surface area contributed by atoms with Crippen LogP contribution in [0.2, 0.25) is 0 Å². The maximum atomic E-state index is 13.2. The van der Waals surface area contributed by atoms with Crippen LogP contribution >= 0.6 is 0 Å². The van der Waals surface area contributed by atoms with E-state index in [2.05, 4.69) is 11.4 Å². The van der Waals surface area contributed by atoms with E-state index in [0.717, 1.165) is 23.6 Å². The number of carbonyl (C=O) groups is 1. The highest BCUT2D eigenvalue weighted by atomic mass is 32.2. The molecule has 3 rings (SSSR count). The van der Waals surface area contributed by atoms with Crippen molar-refractivity contribution in [3.63, 3.8) is 0 Å². The zero-order valence-corrected chi connectivity index (χ0v) is 18.7. The van der Waals surface area contributed by atoms with Crippen LogP contribution < -0.4 is 10.1 Å². The number of rotatable bonds is 11. The summed E-state index contributed by atoms with van der Waals surface area (Å²) >= 11 is 0. The Kier molecular flexibility index (Phi) is 8.31. The number of benzene rings is 1. The number of amides is 1. The quantitative estimate of drug-likeness (QED) is 0.529. The van der Waals surface area contributed by atoms with Gasteiger partial charge >= 0.3 is 0 Å². The number of hydrogen-bond acceptors (Lipinski definition) is 5.